The van der Waals surface area contributed by atoms with Crippen LogP contribution in [0.1, 0.15) is 156 Å². The van der Waals surface area contributed by atoms with E-state index < -0.39 is 18.1 Å². The van der Waals surface area contributed by atoms with Crippen LogP contribution in [0.4, 0.5) is 5.95 Å². The number of carbonyl (C=O) groups excluding carboxylic acids is 2. The molecule has 0 saturated heterocycles. The highest BCUT2D eigenvalue weighted by atomic mass is 16.6. The molecule has 2 aromatic heterocycles. The molecule has 2 unspecified atom stereocenters. The molecular weight excluding hydrogens is 580 g/mol. The number of anilines is 1. The standard InChI is InChI=1S/C36H64N6O4/c1-4-6-7-8-9-10-11-12-13-14-15-16-17-18-19-20-21-22-32(43)45-26-24-30(46-35(44)33(37)29(3)5-2)23-25-42-28-40-31-27-39-36(38)41-34(31)42/h27-30,33H,4-26,37H2,1-3H3,(H2,38,39,41)/t29?,30?,33-/m0/s1. The van der Waals surface area contributed by atoms with E-state index in [-0.39, 0.29) is 24.4 Å². The summed E-state index contributed by atoms with van der Waals surface area (Å²) >= 11 is 0. The first-order valence-corrected chi connectivity index (χ1v) is 18.4. The third-order valence-electron chi connectivity index (χ3n) is 9.07. The van der Waals surface area contributed by atoms with E-state index in [0.717, 1.165) is 19.3 Å². The van der Waals surface area contributed by atoms with Crippen LogP contribution in [0.3, 0.4) is 0 Å². The zero-order valence-electron chi connectivity index (χ0n) is 29.2. The number of nitrogens with two attached hydrogens (primary N) is 2. The fourth-order valence-corrected chi connectivity index (χ4v) is 5.68. The Morgan fingerprint density at radius 1 is 0.826 bits per heavy atom. The Hall–Kier alpha value is -2.75. The summed E-state index contributed by atoms with van der Waals surface area (Å²) in [5, 5.41) is 0. The first-order chi connectivity index (χ1) is 22.3. The van der Waals surface area contributed by atoms with Crippen LogP contribution in [0.25, 0.3) is 11.2 Å². The number of hydrogen-bond donors (Lipinski definition) is 2. The molecule has 262 valence electrons. The van der Waals surface area contributed by atoms with E-state index in [4.69, 9.17) is 20.9 Å². The number of unbranched alkanes of at least 4 members (excludes halogenated alkanes) is 16. The average Bonchev–Trinajstić information content (AvgIpc) is 3.45. The van der Waals surface area contributed by atoms with Crippen molar-refractivity contribution in [1.82, 2.24) is 19.5 Å². The van der Waals surface area contributed by atoms with Gasteiger partial charge in [0.2, 0.25) is 5.95 Å². The van der Waals surface area contributed by atoms with Gasteiger partial charge in [-0.3, -0.25) is 9.59 Å². The minimum absolute atomic E-state index is 0.00721. The van der Waals surface area contributed by atoms with E-state index in [9.17, 15) is 9.59 Å². The smallest absolute Gasteiger partial charge is 0.323 e. The summed E-state index contributed by atoms with van der Waals surface area (Å²) in [4.78, 5) is 37.7. The first-order valence-electron chi connectivity index (χ1n) is 18.4. The fourth-order valence-electron chi connectivity index (χ4n) is 5.68. The quantitative estimate of drug-likeness (QED) is 0.0693. The molecule has 0 fully saturated rings. The third-order valence-corrected chi connectivity index (χ3v) is 9.07. The zero-order valence-corrected chi connectivity index (χ0v) is 29.2. The highest BCUT2D eigenvalue weighted by Crippen LogP contribution is 2.17. The van der Waals surface area contributed by atoms with Crippen molar-refractivity contribution in [2.45, 2.75) is 174 Å². The van der Waals surface area contributed by atoms with Gasteiger partial charge in [0, 0.05) is 25.8 Å². The summed E-state index contributed by atoms with van der Waals surface area (Å²) < 4.78 is 13.2. The van der Waals surface area contributed by atoms with E-state index >= 15 is 0 Å². The Kier molecular flexibility index (Phi) is 20.9. The topological polar surface area (TPSA) is 148 Å². The van der Waals surface area contributed by atoms with Gasteiger partial charge in [-0.1, -0.05) is 130 Å². The Morgan fingerprint density at radius 3 is 1.96 bits per heavy atom. The average molecular weight is 645 g/mol. The molecule has 0 aliphatic carbocycles. The lowest BCUT2D eigenvalue weighted by Crippen LogP contribution is -2.40. The lowest BCUT2D eigenvalue weighted by Gasteiger charge is -2.23. The summed E-state index contributed by atoms with van der Waals surface area (Å²) in [5.74, 6) is -0.456. The van der Waals surface area contributed by atoms with Gasteiger partial charge in [-0.25, -0.2) is 9.97 Å². The van der Waals surface area contributed by atoms with Crippen LogP contribution in [0.2, 0.25) is 0 Å². The van der Waals surface area contributed by atoms with Gasteiger partial charge < -0.3 is 25.5 Å². The van der Waals surface area contributed by atoms with E-state index in [2.05, 4.69) is 21.9 Å². The molecule has 10 heteroatoms. The van der Waals surface area contributed by atoms with Crippen molar-refractivity contribution < 1.29 is 19.1 Å². The van der Waals surface area contributed by atoms with Gasteiger partial charge in [0.15, 0.2) is 5.65 Å². The van der Waals surface area contributed by atoms with Crippen LogP contribution in [-0.2, 0) is 25.6 Å². The first kappa shape index (κ1) is 39.4. The molecule has 46 heavy (non-hydrogen) atoms. The van der Waals surface area contributed by atoms with E-state index in [1.54, 1.807) is 12.5 Å². The summed E-state index contributed by atoms with van der Waals surface area (Å²) in [5.41, 5.74) is 13.1. The summed E-state index contributed by atoms with van der Waals surface area (Å²) in [6, 6.07) is -0.698. The Bertz CT molecular complexity index is 1090. The van der Waals surface area contributed by atoms with Crippen molar-refractivity contribution in [1.29, 1.82) is 0 Å². The van der Waals surface area contributed by atoms with Gasteiger partial charge in [0.1, 0.15) is 17.7 Å². The molecule has 0 aliphatic rings. The van der Waals surface area contributed by atoms with Crippen LogP contribution in [0.5, 0.6) is 0 Å². The number of nitrogens with zero attached hydrogens (tertiary/aromatic N) is 4. The lowest BCUT2D eigenvalue weighted by molar-refractivity contribution is -0.154. The molecular formula is C36H64N6O4. The zero-order chi connectivity index (χ0) is 33.4. The monoisotopic (exact) mass is 644 g/mol. The molecule has 0 aliphatic heterocycles. The molecule has 3 atom stereocenters. The number of imidazole rings is 1. The van der Waals surface area contributed by atoms with Crippen molar-refractivity contribution in [3.8, 4) is 0 Å². The largest absolute Gasteiger partial charge is 0.466 e. The molecule has 0 bridgehead atoms. The summed E-state index contributed by atoms with van der Waals surface area (Å²) in [6.45, 7) is 6.89. The molecule has 0 aromatic carbocycles. The minimum Gasteiger partial charge on any atom is -0.466 e. The lowest BCUT2D eigenvalue weighted by atomic mass is 10.0. The molecule has 0 spiro atoms. The van der Waals surface area contributed by atoms with Crippen molar-refractivity contribution >= 4 is 29.1 Å². The Labute approximate surface area is 278 Å². The normalized spacial score (nSPS) is 13.5. The highest BCUT2D eigenvalue weighted by Gasteiger charge is 2.25. The van der Waals surface area contributed by atoms with E-state index in [0.29, 0.717) is 37.0 Å². The van der Waals surface area contributed by atoms with Crippen LogP contribution < -0.4 is 11.5 Å². The molecule has 2 heterocycles. The number of rotatable bonds is 28. The number of aryl methyl sites for hydroxylation is 1. The fraction of sp³-hybridized carbons (Fsp3) is 0.806. The number of aromatic nitrogens is 4. The van der Waals surface area contributed by atoms with Crippen LogP contribution in [0, 0.1) is 5.92 Å². The van der Waals surface area contributed by atoms with Gasteiger partial charge in [0.25, 0.3) is 0 Å². The molecule has 2 rings (SSSR count). The maximum Gasteiger partial charge on any atom is 0.323 e. The van der Waals surface area contributed by atoms with Crippen LogP contribution in [0.15, 0.2) is 12.5 Å². The number of nitrogen functional groups attached to an aromatic ring is 1. The predicted molar refractivity (Wildman–Crippen MR) is 186 cm³/mol. The van der Waals surface area contributed by atoms with Gasteiger partial charge in [-0.15, -0.1) is 0 Å². The number of hydrogen-bond acceptors (Lipinski definition) is 9. The van der Waals surface area contributed by atoms with Crippen molar-refractivity contribution in [2.24, 2.45) is 11.7 Å². The number of carbonyl (C=O) groups is 2. The van der Waals surface area contributed by atoms with Crippen LogP contribution in [-0.4, -0.2) is 50.2 Å². The van der Waals surface area contributed by atoms with E-state index in [1.807, 2.05) is 18.4 Å². The number of fused-ring (bicyclic) bond motifs is 1. The van der Waals surface area contributed by atoms with Crippen molar-refractivity contribution in [2.75, 3.05) is 12.3 Å². The molecule has 0 radical (unpaired) electrons. The Balaban J connectivity index is 1.58. The highest BCUT2D eigenvalue weighted by molar-refractivity contribution is 5.76. The summed E-state index contributed by atoms with van der Waals surface area (Å²) in [6.07, 6.45) is 27.1. The SMILES string of the molecule is CCCCCCCCCCCCCCCCCCCC(=O)OCCC(CCn1cnc2cnc(N)nc21)OC(=O)[C@@H](N)C(C)CC. The molecule has 4 N–H and O–H groups in total. The molecule has 2 aromatic rings. The second-order valence-electron chi connectivity index (χ2n) is 13.0. The molecule has 0 amide bonds. The molecule has 0 saturated carbocycles. The Morgan fingerprint density at radius 2 is 1.39 bits per heavy atom. The van der Waals surface area contributed by atoms with Gasteiger partial charge >= 0.3 is 11.9 Å². The van der Waals surface area contributed by atoms with Gasteiger partial charge in [-0.05, 0) is 12.3 Å². The van der Waals surface area contributed by atoms with Crippen LogP contribution >= 0.6 is 0 Å². The molecule has 10 nitrogen and oxygen atoms in total. The van der Waals surface area contributed by atoms with Gasteiger partial charge in [-0.2, -0.15) is 4.98 Å². The van der Waals surface area contributed by atoms with Crippen molar-refractivity contribution in [3.05, 3.63) is 12.5 Å². The predicted octanol–water partition coefficient (Wildman–Crippen LogP) is 8.06. The number of ether oxygens (including phenoxy) is 2. The third kappa shape index (κ3) is 16.7. The number of esters is 2. The second kappa shape index (κ2) is 24.4. The van der Waals surface area contributed by atoms with Gasteiger partial charge in [0.05, 0.1) is 19.1 Å². The maximum atomic E-state index is 12.7. The van der Waals surface area contributed by atoms with E-state index in [1.165, 1.54) is 96.3 Å². The van der Waals surface area contributed by atoms with Crippen molar-refractivity contribution in [3.63, 3.8) is 0 Å². The minimum atomic E-state index is -0.698. The summed E-state index contributed by atoms with van der Waals surface area (Å²) in [7, 11) is 0. The maximum absolute atomic E-state index is 12.7. The second-order valence-corrected chi connectivity index (χ2v) is 13.0.